The monoisotopic (exact) mass is 199 g/mol. The van der Waals surface area contributed by atoms with E-state index < -0.39 is 0 Å². The highest BCUT2D eigenvalue weighted by Gasteiger charge is 2.22. The van der Waals surface area contributed by atoms with Gasteiger partial charge >= 0.3 is 0 Å². The lowest BCUT2D eigenvalue weighted by atomic mass is 10.1. The molecule has 0 aromatic carbocycles. The Morgan fingerprint density at radius 1 is 1.43 bits per heavy atom. The SMILES string of the molecule is CCC1CN(C)CCCN1C[C@H](C)N. The molecule has 1 unspecified atom stereocenters. The van der Waals surface area contributed by atoms with Crippen LogP contribution in [0.1, 0.15) is 26.7 Å². The Balaban J connectivity index is 2.51. The van der Waals surface area contributed by atoms with Crippen molar-refractivity contribution in [1.29, 1.82) is 0 Å². The Morgan fingerprint density at radius 3 is 2.71 bits per heavy atom. The summed E-state index contributed by atoms with van der Waals surface area (Å²) in [5.41, 5.74) is 5.87. The lowest BCUT2D eigenvalue weighted by Gasteiger charge is -2.31. The molecule has 1 saturated heterocycles. The highest BCUT2D eigenvalue weighted by Crippen LogP contribution is 2.11. The van der Waals surface area contributed by atoms with Gasteiger partial charge in [0.2, 0.25) is 0 Å². The fourth-order valence-electron chi connectivity index (χ4n) is 2.29. The third-order valence-corrected chi connectivity index (χ3v) is 3.02. The van der Waals surface area contributed by atoms with Gasteiger partial charge in [-0.05, 0) is 39.9 Å². The maximum Gasteiger partial charge on any atom is 0.0221 e. The van der Waals surface area contributed by atoms with Crippen molar-refractivity contribution >= 4 is 0 Å². The molecule has 3 heteroatoms. The highest BCUT2D eigenvalue weighted by atomic mass is 15.2. The second-order valence-corrected chi connectivity index (χ2v) is 4.65. The highest BCUT2D eigenvalue weighted by molar-refractivity contribution is 4.79. The summed E-state index contributed by atoms with van der Waals surface area (Å²) in [5, 5.41) is 0. The minimum atomic E-state index is 0.299. The van der Waals surface area contributed by atoms with E-state index in [2.05, 4.69) is 30.7 Å². The number of nitrogens with two attached hydrogens (primary N) is 1. The summed E-state index contributed by atoms with van der Waals surface area (Å²) in [7, 11) is 2.22. The van der Waals surface area contributed by atoms with E-state index in [4.69, 9.17) is 5.73 Å². The van der Waals surface area contributed by atoms with Gasteiger partial charge in [-0.3, -0.25) is 4.90 Å². The van der Waals surface area contributed by atoms with Gasteiger partial charge in [0.05, 0.1) is 0 Å². The van der Waals surface area contributed by atoms with Crippen LogP contribution in [0, 0.1) is 0 Å². The van der Waals surface area contributed by atoms with Crippen molar-refractivity contribution < 1.29 is 0 Å². The third-order valence-electron chi connectivity index (χ3n) is 3.02. The molecule has 0 radical (unpaired) electrons. The van der Waals surface area contributed by atoms with Crippen molar-refractivity contribution in [3.8, 4) is 0 Å². The standard InChI is InChI=1S/C11H25N3/c1-4-11-9-13(3)6-5-7-14(11)8-10(2)12/h10-11H,4-9,12H2,1-3H3/t10-,11?/m0/s1. The summed E-state index contributed by atoms with van der Waals surface area (Å²) >= 11 is 0. The quantitative estimate of drug-likeness (QED) is 0.728. The Bertz CT molecular complexity index is 159. The largest absolute Gasteiger partial charge is 0.327 e. The first-order valence-corrected chi connectivity index (χ1v) is 5.81. The first-order valence-electron chi connectivity index (χ1n) is 5.81. The molecule has 0 bridgehead atoms. The van der Waals surface area contributed by atoms with E-state index in [-0.39, 0.29) is 0 Å². The molecule has 3 nitrogen and oxygen atoms in total. The van der Waals surface area contributed by atoms with Crippen molar-refractivity contribution in [1.82, 2.24) is 9.80 Å². The van der Waals surface area contributed by atoms with Gasteiger partial charge in [-0.2, -0.15) is 0 Å². The molecule has 1 fully saturated rings. The molecule has 2 atom stereocenters. The topological polar surface area (TPSA) is 32.5 Å². The lowest BCUT2D eigenvalue weighted by molar-refractivity contribution is 0.176. The van der Waals surface area contributed by atoms with Crippen molar-refractivity contribution in [2.45, 2.75) is 38.8 Å². The molecule has 1 rings (SSSR count). The molecule has 1 aliphatic rings. The third kappa shape index (κ3) is 3.56. The van der Waals surface area contributed by atoms with Crippen molar-refractivity contribution in [3.05, 3.63) is 0 Å². The molecule has 0 aromatic heterocycles. The first kappa shape index (κ1) is 12.0. The molecule has 0 amide bonds. The zero-order valence-corrected chi connectivity index (χ0v) is 9.87. The van der Waals surface area contributed by atoms with Crippen molar-refractivity contribution in [3.63, 3.8) is 0 Å². The summed E-state index contributed by atoms with van der Waals surface area (Å²) < 4.78 is 0. The van der Waals surface area contributed by atoms with Crippen LogP contribution >= 0.6 is 0 Å². The second-order valence-electron chi connectivity index (χ2n) is 4.65. The normalized spacial score (nSPS) is 28.7. The number of likely N-dealkylation sites (N-methyl/N-ethyl adjacent to an activating group) is 1. The average molecular weight is 199 g/mol. The maximum absolute atomic E-state index is 5.87. The molecule has 2 N–H and O–H groups in total. The predicted octanol–water partition coefficient (Wildman–Crippen LogP) is 0.750. The molecule has 14 heavy (non-hydrogen) atoms. The van der Waals surface area contributed by atoms with E-state index >= 15 is 0 Å². The van der Waals surface area contributed by atoms with Crippen LogP contribution in [-0.4, -0.2) is 55.1 Å². The van der Waals surface area contributed by atoms with Gasteiger partial charge in [-0.1, -0.05) is 6.92 Å². The van der Waals surface area contributed by atoms with Crippen LogP contribution in [0.4, 0.5) is 0 Å². The Kier molecular flexibility index (Phi) is 4.85. The van der Waals surface area contributed by atoms with E-state index in [0.29, 0.717) is 12.1 Å². The van der Waals surface area contributed by atoms with Crippen molar-refractivity contribution in [2.24, 2.45) is 5.73 Å². The molecule has 1 heterocycles. The molecule has 0 aromatic rings. The van der Waals surface area contributed by atoms with Crippen LogP contribution in [0.5, 0.6) is 0 Å². The minimum absolute atomic E-state index is 0.299. The van der Waals surface area contributed by atoms with E-state index in [1.807, 2.05) is 0 Å². The van der Waals surface area contributed by atoms with Gasteiger partial charge in [-0.25, -0.2) is 0 Å². The number of hydrogen-bond donors (Lipinski definition) is 1. The summed E-state index contributed by atoms with van der Waals surface area (Å²) in [6.07, 6.45) is 2.51. The molecular weight excluding hydrogens is 174 g/mol. The average Bonchev–Trinajstić information content (AvgIpc) is 2.27. The lowest BCUT2D eigenvalue weighted by Crippen LogP contribution is -2.44. The number of rotatable bonds is 3. The van der Waals surface area contributed by atoms with Crippen molar-refractivity contribution in [2.75, 3.05) is 33.2 Å². The van der Waals surface area contributed by atoms with Crippen LogP contribution in [0.3, 0.4) is 0 Å². The number of hydrogen-bond acceptors (Lipinski definition) is 3. The molecule has 84 valence electrons. The van der Waals surface area contributed by atoms with Crippen LogP contribution in [0.15, 0.2) is 0 Å². The molecular formula is C11H25N3. The zero-order chi connectivity index (χ0) is 10.6. The fourth-order valence-corrected chi connectivity index (χ4v) is 2.29. The smallest absolute Gasteiger partial charge is 0.0221 e. The van der Waals surface area contributed by atoms with Crippen LogP contribution in [0.2, 0.25) is 0 Å². The second kappa shape index (κ2) is 5.69. The van der Waals surface area contributed by atoms with E-state index in [1.54, 1.807) is 0 Å². The Morgan fingerprint density at radius 2 is 2.14 bits per heavy atom. The predicted molar refractivity (Wildman–Crippen MR) is 61.4 cm³/mol. The summed E-state index contributed by atoms with van der Waals surface area (Å²) in [6, 6.07) is 1.00. The first-order chi connectivity index (χ1) is 6.63. The minimum Gasteiger partial charge on any atom is -0.327 e. The molecule has 0 saturated carbocycles. The van der Waals surface area contributed by atoms with Crippen LogP contribution in [-0.2, 0) is 0 Å². The van der Waals surface area contributed by atoms with E-state index in [9.17, 15) is 0 Å². The summed E-state index contributed by atoms with van der Waals surface area (Å²) in [4.78, 5) is 5.00. The fraction of sp³-hybridized carbons (Fsp3) is 1.00. The van der Waals surface area contributed by atoms with E-state index in [0.717, 1.165) is 6.54 Å². The Hall–Kier alpha value is -0.120. The van der Waals surface area contributed by atoms with Crippen LogP contribution in [0.25, 0.3) is 0 Å². The summed E-state index contributed by atoms with van der Waals surface area (Å²) in [5.74, 6) is 0. The van der Waals surface area contributed by atoms with Gasteiger partial charge in [0, 0.05) is 25.2 Å². The Labute approximate surface area is 88.2 Å². The maximum atomic E-state index is 5.87. The van der Waals surface area contributed by atoms with Gasteiger partial charge in [0.1, 0.15) is 0 Å². The van der Waals surface area contributed by atoms with Gasteiger partial charge < -0.3 is 10.6 Å². The summed E-state index contributed by atoms with van der Waals surface area (Å²) in [6.45, 7) is 9.06. The molecule has 1 aliphatic heterocycles. The number of nitrogens with zero attached hydrogens (tertiary/aromatic N) is 2. The van der Waals surface area contributed by atoms with E-state index in [1.165, 1.54) is 32.5 Å². The van der Waals surface area contributed by atoms with Gasteiger partial charge in [0.25, 0.3) is 0 Å². The molecule has 0 aliphatic carbocycles. The van der Waals surface area contributed by atoms with Gasteiger partial charge in [-0.15, -0.1) is 0 Å². The van der Waals surface area contributed by atoms with Gasteiger partial charge in [0.15, 0.2) is 0 Å². The van der Waals surface area contributed by atoms with Crippen LogP contribution < -0.4 is 5.73 Å². The zero-order valence-electron chi connectivity index (χ0n) is 9.87. The molecule has 0 spiro atoms.